The van der Waals surface area contributed by atoms with Crippen molar-refractivity contribution in [3.05, 3.63) is 101 Å². The summed E-state index contributed by atoms with van der Waals surface area (Å²) in [5, 5.41) is 2.90. The van der Waals surface area contributed by atoms with Gasteiger partial charge in [-0.2, -0.15) is 0 Å². The Morgan fingerprint density at radius 2 is 1.25 bits per heavy atom. The Morgan fingerprint density at radius 1 is 0.833 bits per heavy atom. The Morgan fingerprint density at radius 3 is 1.69 bits per heavy atom. The maximum absolute atomic E-state index is 14.0. The molecule has 3 amide bonds. The molecule has 1 aliphatic heterocycles. The van der Waals surface area contributed by atoms with E-state index in [-0.39, 0.29) is 0 Å². The van der Waals surface area contributed by atoms with Crippen LogP contribution < -0.4 is 5.32 Å². The van der Waals surface area contributed by atoms with Crippen LogP contribution >= 0.6 is 23.2 Å². The van der Waals surface area contributed by atoms with Crippen molar-refractivity contribution in [3.8, 4) is 0 Å². The molecule has 4 aliphatic rings. The number of carbonyl (C=O) groups is 3. The summed E-state index contributed by atoms with van der Waals surface area (Å²) in [6, 6.07) is 21.4. The Bertz CT molecular complexity index is 1330. The van der Waals surface area contributed by atoms with Crippen LogP contribution in [0, 0.1) is 11.8 Å². The van der Waals surface area contributed by atoms with Crippen molar-refractivity contribution in [2.24, 2.45) is 11.8 Å². The molecule has 7 heteroatoms. The van der Waals surface area contributed by atoms with Crippen molar-refractivity contribution in [2.75, 3.05) is 5.32 Å². The number of carbonyl (C=O) groups excluding carboxylic acids is 3. The normalized spacial score (nSPS) is 28.4. The van der Waals surface area contributed by atoms with Crippen molar-refractivity contribution in [3.63, 3.8) is 0 Å². The lowest BCUT2D eigenvalue weighted by Gasteiger charge is -2.54. The molecule has 0 saturated carbocycles. The van der Waals surface area contributed by atoms with Crippen molar-refractivity contribution in [1.29, 1.82) is 0 Å². The summed E-state index contributed by atoms with van der Waals surface area (Å²) in [7, 11) is 0. The van der Waals surface area contributed by atoms with Crippen LogP contribution in [-0.2, 0) is 30.6 Å². The van der Waals surface area contributed by atoms with Gasteiger partial charge < -0.3 is 5.32 Å². The standard InChI is InChI=1S/C29H24Cl2N2O3/c1-3-17-10-4-9-15-22(17)32-25(34)16(2)33-26(35)23-24(27(33)36)29(31)19-12-6-5-11-18(19)28(23,30)20-13-7-8-14-21(20)29/h4-16,23-24H,3H2,1-2H3,(H,32,34)/t16-,23-,24-,28?,29?/m0/s1. The molecule has 36 heavy (non-hydrogen) atoms. The van der Waals surface area contributed by atoms with E-state index in [0.29, 0.717) is 5.69 Å². The van der Waals surface area contributed by atoms with Crippen LogP contribution in [0.15, 0.2) is 72.8 Å². The molecule has 7 rings (SSSR count). The SMILES string of the molecule is CCc1ccccc1NC(=O)[C@H](C)N1C(=O)[C@@H]2[C@@H](C1=O)C1(Cl)c3ccccc3C2(Cl)c2ccccc21. The molecule has 0 aromatic heterocycles. The van der Waals surface area contributed by atoms with Crippen LogP contribution in [0.3, 0.4) is 0 Å². The fraction of sp³-hybridized carbons (Fsp3) is 0.276. The monoisotopic (exact) mass is 518 g/mol. The highest BCUT2D eigenvalue weighted by atomic mass is 35.5. The average molecular weight is 519 g/mol. The van der Waals surface area contributed by atoms with E-state index in [9.17, 15) is 14.4 Å². The number of imide groups is 1. The highest BCUT2D eigenvalue weighted by Crippen LogP contribution is 2.69. The van der Waals surface area contributed by atoms with E-state index in [4.69, 9.17) is 23.2 Å². The molecular weight excluding hydrogens is 495 g/mol. The van der Waals surface area contributed by atoms with Gasteiger partial charge in [0.1, 0.15) is 15.8 Å². The summed E-state index contributed by atoms with van der Waals surface area (Å²) in [5.41, 5.74) is 4.57. The molecule has 3 aliphatic carbocycles. The van der Waals surface area contributed by atoms with E-state index in [1.54, 1.807) is 6.92 Å². The molecule has 0 unspecified atom stereocenters. The topological polar surface area (TPSA) is 66.5 Å². The second-order valence-electron chi connectivity index (χ2n) is 9.69. The van der Waals surface area contributed by atoms with E-state index in [0.717, 1.165) is 39.1 Å². The Hall–Kier alpha value is -3.15. The maximum atomic E-state index is 14.0. The van der Waals surface area contributed by atoms with Gasteiger partial charge in [-0.25, -0.2) is 0 Å². The molecule has 2 bridgehead atoms. The number of rotatable bonds is 4. The van der Waals surface area contributed by atoms with Gasteiger partial charge in [-0.15, -0.1) is 23.2 Å². The van der Waals surface area contributed by atoms with Crippen molar-refractivity contribution in [2.45, 2.75) is 36.1 Å². The molecule has 182 valence electrons. The molecule has 1 N–H and O–H groups in total. The van der Waals surface area contributed by atoms with Gasteiger partial charge in [0, 0.05) is 5.69 Å². The van der Waals surface area contributed by atoms with Crippen molar-refractivity contribution >= 4 is 46.6 Å². The number of nitrogens with one attached hydrogen (secondary N) is 1. The van der Waals surface area contributed by atoms with Gasteiger partial charge in [-0.05, 0) is 47.2 Å². The van der Waals surface area contributed by atoms with E-state index in [1.807, 2.05) is 79.7 Å². The third-order valence-electron chi connectivity index (χ3n) is 8.04. The smallest absolute Gasteiger partial charge is 0.247 e. The number of hydrogen-bond acceptors (Lipinski definition) is 3. The molecule has 1 fully saturated rings. The predicted molar refractivity (Wildman–Crippen MR) is 139 cm³/mol. The Balaban J connectivity index is 1.44. The predicted octanol–water partition coefficient (Wildman–Crippen LogP) is 5.17. The number of nitrogens with zero attached hydrogens (tertiary/aromatic N) is 1. The quantitative estimate of drug-likeness (QED) is 0.382. The average Bonchev–Trinajstić information content (AvgIpc) is 3.18. The van der Waals surface area contributed by atoms with Gasteiger partial charge in [0.25, 0.3) is 0 Å². The number of alkyl halides is 2. The van der Waals surface area contributed by atoms with Crippen LogP contribution in [0.2, 0.25) is 0 Å². The number of anilines is 1. The summed E-state index contributed by atoms with van der Waals surface area (Å²) in [6.07, 6.45) is 0.733. The zero-order valence-electron chi connectivity index (χ0n) is 19.8. The minimum atomic E-state index is -1.26. The minimum absolute atomic E-state index is 0.439. The lowest BCUT2D eigenvalue weighted by Crippen LogP contribution is -2.57. The van der Waals surface area contributed by atoms with E-state index in [1.165, 1.54) is 0 Å². The van der Waals surface area contributed by atoms with Gasteiger partial charge >= 0.3 is 0 Å². The summed E-state index contributed by atoms with van der Waals surface area (Å²) < 4.78 is 0. The van der Waals surface area contributed by atoms with Gasteiger partial charge in [0.05, 0.1) is 11.8 Å². The number of para-hydroxylation sites is 1. The third-order valence-corrected chi connectivity index (χ3v) is 9.33. The fourth-order valence-corrected chi connectivity index (χ4v) is 7.47. The molecule has 5 nitrogen and oxygen atoms in total. The van der Waals surface area contributed by atoms with Gasteiger partial charge in [-0.1, -0.05) is 73.7 Å². The molecule has 1 saturated heterocycles. The summed E-state index contributed by atoms with van der Waals surface area (Å²) in [6.45, 7) is 3.57. The van der Waals surface area contributed by atoms with E-state index in [2.05, 4.69) is 5.32 Å². The first kappa shape index (κ1) is 23.3. The van der Waals surface area contributed by atoms with Crippen LogP contribution in [0.25, 0.3) is 0 Å². The molecule has 0 spiro atoms. The highest BCUT2D eigenvalue weighted by Gasteiger charge is 2.73. The molecule has 0 radical (unpaired) electrons. The first-order valence-corrected chi connectivity index (χ1v) is 12.8. The number of amides is 3. The van der Waals surface area contributed by atoms with Gasteiger partial charge in [-0.3, -0.25) is 19.3 Å². The molecule has 1 heterocycles. The summed E-state index contributed by atoms with van der Waals surface area (Å²) in [5.74, 6) is -3.23. The van der Waals surface area contributed by atoms with Gasteiger partial charge in [0.15, 0.2) is 0 Å². The van der Waals surface area contributed by atoms with Gasteiger partial charge in [0.2, 0.25) is 17.7 Å². The van der Waals surface area contributed by atoms with Crippen molar-refractivity contribution < 1.29 is 14.4 Å². The fourth-order valence-electron chi connectivity index (χ4n) is 6.38. The number of aryl methyl sites for hydroxylation is 1. The molecule has 3 atom stereocenters. The van der Waals surface area contributed by atoms with Crippen LogP contribution in [-0.4, -0.2) is 28.7 Å². The number of halogens is 2. The Kier molecular flexibility index (Phi) is 5.12. The van der Waals surface area contributed by atoms with Crippen LogP contribution in [0.4, 0.5) is 5.69 Å². The number of hydrogen-bond donors (Lipinski definition) is 1. The van der Waals surface area contributed by atoms with E-state index < -0.39 is 45.3 Å². The zero-order valence-corrected chi connectivity index (χ0v) is 21.3. The summed E-state index contributed by atoms with van der Waals surface area (Å²) in [4.78, 5) is 39.9. The van der Waals surface area contributed by atoms with Crippen molar-refractivity contribution in [1.82, 2.24) is 4.90 Å². The third kappa shape index (κ3) is 2.76. The van der Waals surface area contributed by atoms with Crippen LogP contribution in [0.1, 0.15) is 41.7 Å². The molecular formula is C29H24Cl2N2O3. The highest BCUT2D eigenvalue weighted by molar-refractivity contribution is 6.36. The largest absolute Gasteiger partial charge is 0.324 e. The first-order valence-electron chi connectivity index (χ1n) is 12.1. The molecule has 3 aromatic carbocycles. The number of benzene rings is 3. The second-order valence-corrected chi connectivity index (χ2v) is 10.9. The lowest BCUT2D eigenvalue weighted by molar-refractivity contribution is -0.146. The van der Waals surface area contributed by atoms with Crippen LogP contribution in [0.5, 0.6) is 0 Å². The van der Waals surface area contributed by atoms with E-state index >= 15 is 0 Å². The lowest BCUT2D eigenvalue weighted by atomic mass is 9.54. The summed E-state index contributed by atoms with van der Waals surface area (Å²) >= 11 is 14.9. The molecule has 3 aromatic rings. The maximum Gasteiger partial charge on any atom is 0.247 e. The number of likely N-dealkylation sites (tertiary alicyclic amines) is 1. The Labute approximate surface area is 219 Å². The first-order chi connectivity index (χ1) is 17.3. The minimum Gasteiger partial charge on any atom is -0.324 e. The zero-order chi connectivity index (χ0) is 25.4. The second kappa shape index (κ2) is 7.92.